The van der Waals surface area contributed by atoms with E-state index >= 15 is 0 Å². The van der Waals surface area contributed by atoms with Crippen LogP contribution in [0.15, 0.2) is 79.0 Å². The van der Waals surface area contributed by atoms with E-state index in [9.17, 15) is 0 Å². The molecular formula is C22H18N4. The summed E-state index contributed by atoms with van der Waals surface area (Å²) in [6.07, 6.45) is 5.76. The van der Waals surface area contributed by atoms with Gasteiger partial charge in [-0.15, -0.1) is 10.2 Å². The van der Waals surface area contributed by atoms with E-state index < -0.39 is 0 Å². The lowest BCUT2D eigenvalue weighted by Crippen LogP contribution is -2.04. The maximum Gasteiger partial charge on any atom is 0.158 e. The number of hydrogen-bond acceptors (Lipinski definition) is 4. The molecule has 0 bridgehead atoms. The van der Waals surface area contributed by atoms with Crippen molar-refractivity contribution in [1.82, 2.24) is 15.2 Å². The van der Waals surface area contributed by atoms with Crippen LogP contribution in [0.4, 0.5) is 5.82 Å². The van der Waals surface area contributed by atoms with Crippen molar-refractivity contribution in [3.8, 4) is 0 Å². The van der Waals surface area contributed by atoms with E-state index in [0.717, 1.165) is 28.0 Å². The first-order valence-electron chi connectivity index (χ1n) is 8.52. The molecule has 0 aliphatic heterocycles. The fourth-order valence-electron chi connectivity index (χ4n) is 2.77. The van der Waals surface area contributed by atoms with Gasteiger partial charge in [-0.25, -0.2) is 0 Å². The van der Waals surface area contributed by atoms with Crippen molar-refractivity contribution in [1.29, 1.82) is 0 Å². The second kappa shape index (κ2) is 7.57. The highest BCUT2D eigenvalue weighted by molar-refractivity contribution is 5.94. The maximum atomic E-state index is 4.52. The molecule has 2 aromatic carbocycles. The number of nitrogens with one attached hydrogen (secondary N) is 1. The van der Waals surface area contributed by atoms with Gasteiger partial charge in [-0.3, -0.25) is 4.98 Å². The van der Waals surface area contributed by atoms with Gasteiger partial charge in [0.1, 0.15) is 11.2 Å². The Bertz CT molecular complexity index is 1030. The number of fused-ring (bicyclic) bond motifs is 1. The van der Waals surface area contributed by atoms with E-state index in [2.05, 4.69) is 44.8 Å². The zero-order chi connectivity index (χ0) is 17.6. The molecule has 2 aromatic heterocycles. The largest absolute Gasteiger partial charge is 0.364 e. The number of hydrogen-bond donors (Lipinski definition) is 1. The summed E-state index contributed by atoms with van der Waals surface area (Å²) >= 11 is 0. The van der Waals surface area contributed by atoms with E-state index in [1.807, 2.05) is 60.7 Å². The Labute approximate surface area is 152 Å². The third kappa shape index (κ3) is 3.59. The molecule has 0 atom stereocenters. The number of pyridine rings is 1. The van der Waals surface area contributed by atoms with Crippen molar-refractivity contribution < 1.29 is 0 Å². The standard InChI is InChI=1S/C22H18N4/c1-3-8-17(9-4-1)13-14-20-21-19(12-7-15-23-21)22(26-25-20)24-16-18-10-5-2-6-11-18/h1-15H,16H2,(H,24,26)/b14-13+. The van der Waals surface area contributed by atoms with Gasteiger partial charge in [0.15, 0.2) is 5.82 Å². The first kappa shape index (κ1) is 16.0. The van der Waals surface area contributed by atoms with E-state index in [4.69, 9.17) is 0 Å². The Hall–Kier alpha value is -3.53. The lowest BCUT2D eigenvalue weighted by molar-refractivity contribution is 1.00. The third-order valence-corrected chi connectivity index (χ3v) is 4.10. The first-order chi connectivity index (χ1) is 12.9. The summed E-state index contributed by atoms with van der Waals surface area (Å²) in [5.74, 6) is 0.744. The van der Waals surface area contributed by atoms with Crippen LogP contribution in [0.2, 0.25) is 0 Å². The van der Waals surface area contributed by atoms with Gasteiger partial charge < -0.3 is 5.32 Å². The average Bonchev–Trinajstić information content (AvgIpc) is 2.72. The highest BCUT2D eigenvalue weighted by Gasteiger charge is 2.08. The maximum absolute atomic E-state index is 4.52. The molecule has 0 radical (unpaired) electrons. The zero-order valence-corrected chi connectivity index (χ0v) is 14.2. The highest BCUT2D eigenvalue weighted by atomic mass is 15.2. The van der Waals surface area contributed by atoms with Crippen molar-refractivity contribution in [3.63, 3.8) is 0 Å². The van der Waals surface area contributed by atoms with E-state index in [1.54, 1.807) is 6.20 Å². The number of benzene rings is 2. The van der Waals surface area contributed by atoms with Crippen LogP contribution in [0.1, 0.15) is 16.8 Å². The first-order valence-corrected chi connectivity index (χ1v) is 8.52. The molecule has 0 aliphatic carbocycles. The van der Waals surface area contributed by atoms with Gasteiger partial charge in [-0.2, -0.15) is 0 Å². The molecule has 0 aliphatic rings. The molecule has 1 N–H and O–H groups in total. The van der Waals surface area contributed by atoms with E-state index in [0.29, 0.717) is 6.54 Å². The van der Waals surface area contributed by atoms with Crippen LogP contribution in [-0.2, 0) is 6.54 Å². The Morgan fingerprint density at radius 1 is 0.769 bits per heavy atom. The third-order valence-electron chi connectivity index (χ3n) is 4.10. The second-order valence-corrected chi connectivity index (χ2v) is 5.92. The topological polar surface area (TPSA) is 50.7 Å². The molecule has 0 fully saturated rings. The van der Waals surface area contributed by atoms with Crippen LogP contribution >= 0.6 is 0 Å². The monoisotopic (exact) mass is 338 g/mol. The zero-order valence-electron chi connectivity index (χ0n) is 14.2. The highest BCUT2D eigenvalue weighted by Crippen LogP contribution is 2.22. The van der Waals surface area contributed by atoms with Crippen molar-refractivity contribution in [2.45, 2.75) is 6.54 Å². The molecule has 26 heavy (non-hydrogen) atoms. The number of aromatic nitrogens is 3. The smallest absolute Gasteiger partial charge is 0.158 e. The van der Waals surface area contributed by atoms with Gasteiger partial charge in [-0.05, 0) is 29.3 Å². The quantitative estimate of drug-likeness (QED) is 0.567. The van der Waals surface area contributed by atoms with E-state index in [-0.39, 0.29) is 0 Å². The van der Waals surface area contributed by atoms with Gasteiger partial charge in [0, 0.05) is 18.1 Å². The summed E-state index contributed by atoms with van der Waals surface area (Å²) in [6, 6.07) is 24.3. The Kier molecular flexibility index (Phi) is 4.65. The average molecular weight is 338 g/mol. The SMILES string of the molecule is C(=C\c1nnc(NCc2ccccc2)c2cccnc12)/c1ccccc1. The minimum Gasteiger partial charge on any atom is -0.364 e. The minimum absolute atomic E-state index is 0.693. The van der Waals surface area contributed by atoms with Crippen molar-refractivity contribution >= 4 is 28.9 Å². The molecule has 0 amide bonds. The van der Waals surface area contributed by atoms with Gasteiger partial charge >= 0.3 is 0 Å². The van der Waals surface area contributed by atoms with Crippen molar-refractivity contribution in [2.75, 3.05) is 5.32 Å². The summed E-state index contributed by atoms with van der Waals surface area (Å²) in [7, 11) is 0. The Morgan fingerprint density at radius 3 is 2.35 bits per heavy atom. The van der Waals surface area contributed by atoms with Crippen LogP contribution in [-0.4, -0.2) is 15.2 Å². The Morgan fingerprint density at radius 2 is 1.54 bits per heavy atom. The van der Waals surface area contributed by atoms with Gasteiger partial charge in [-0.1, -0.05) is 66.7 Å². The molecule has 4 rings (SSSR count). The van der Waals surface area contributed by atoms with Crippen molar-refractivity contribution in [3.05, 3.63) is 95.8 Å². The lowest BCUT2D eigenvalue weighted by atomic mass is 10.1. The number of rotatable bonds is 5. The van der Waals surface area contributed by atoms with Gasteiger partial charge in [0.2, 0.25) is 0 Å². The molecule has 0 spiro atoms. The molecule has 4 heteroatoms. The molecule has 126 valence electrons. The predicted octanol–water partition coefficient (Wildman–Crippen LogP) is 4.81. The second-order valence-electron chi connectivity index (χ2n) is 5.92. The minimum atomic E-state index is 0.693. The summed E-state index contributed by atoms with van der Waals surface area (Å²) in [5.41, 5.74) is 3.91. The fourth-order valence-corrected chi connectivity index (χ4v) is 2.77. The van der Waals surface area contributed by atoms with Crippen LogP contribution in [0.3, 0.4) is 0 Å². The normalized spacial score (nSPS) is 11.1. The van der Waals surface area contributed by atoms with Crippen LogP contribution in [0.25, 0.3) is 23.1 Å². The number of nitrogens with zero attached hydrogens (tertiary/aromatic N) is 3. The predicted molar refractivity (Wildman–Crippen MR) is 106 cm³/mol. The van der Waals surface area contributed by atoms with Gasteiger partial charge in [0.25, 0.3) is 0 Å². The van der Waals surface area contributed by atoms with Gasteiger partial charge in [0.05, 0.1) is 0 Å². The molecule has 0 unspecified atom stereocenters. The Balaban J connectivity index is 1.64. The number of anilines is 1. The molecule has 2 heterocycles. The molecule has 4 nitrogen and oxygen atoms in total. The fraction of sp³-hybridized carbons (Fsp3) is 0.0455. The molecular weight excluding hydrogens is 320 g/mol. The van der Waals surface area contributed by atoms with Crippen molar-refractivity contribution in [2.24, 2.45) is 0 Å². The molecule has 0 saturated carbocycles. The molecule has 0 saturated heterocycles. The van der Waals surface area contributed by atoms with Crippen LogP contribution in [0, 0.1) is 0 Å². The lowest BCUT2D eigenvalue weighted by Gasteiger charge is -2.09. The van der Waals surface area contributed by atoms with Crippen LogP contribution < -0.4 is 5.32 Å². The summed E-state index contributed by atoms with van der Waals surface area (Å²) in [6.45, 7) is 0.693. The summed E-state index contributed by atoms with van der Waals surface area (Å²) in [5, 5.41) is 13.1. The summed E-state index contributed by atoms with van der Waals surface area (Å²) in [4.78, 5) is 4.52. The van der Waals surface area contributed by atoms with Crippen LogP contribution in [0.5, 0.6) is 0 Å². The summed E-state index contributed by atoms with van der Waals surface area (Å²) < 4.78 is 0. The molecule has 4 aromatic rings. The van der Waals surface area contributed by atoms with E-state index in [1.165, 1.54) is 5.56 Å².